The number of aromatic nitrogens is 2. The second-order valence-corrected chi connectivity index (χ2v) is 7.37. The lowest BCUT2D eigenvalue weighted by Crippen LogP contribution is -2.31. The van der Waals surface area contributed by atoms with E-state index < -0.39 is 0 Å². The molecule has 0 aliphatic heterocycles. The van der Waals surface area contributed by atoms with Gasteiger partial charge in [0.05, 0.1) is 25.4 Å². The van der Waals surface area contributed by atoms with Crippen LogP contribution in [0.5, 0.6) is 5.75 Å². The topological polar surface area (TPSA) is 80.5 Å². The SMILES string of the molecule is CCOc1ccc(CN(Cc2nc(C(=O)NCc3ccccn3)co2)C(C)CC)cc1. The minimum absolute atomic E-state index is 0.274. The molecule has 7 nitrogen and oxygen atoms in total. The smallest absolute Gasteiger partial charge is 0.273 e. The molecule has 164 valence electrons. The van der Waals surface area contributed by atoms with Gasteiger partial charge in [0.25, 0.3) is 5.91 Å². The molecule has 0 fully saturated rings. The van der Waals surface area contributed by atoms with Crippen LogP contribution in [0.1, 0.15) is 54.8 Å². The molecule has 0 bridgehead atoms. The Labute approximate surface area is 183 Å². The van der Waals surface area contributed by atoms with Crippen LogP contribution >= 0.6 is 0 Å². The lowest BCUT2D eigenvalue weighted by atomic mass is 10.1. The van der Waals surface area contributed by atoms with Crippen LogP contribution in [-0.2, 0) is 19.6 Å². The normalized spacial score (nSPS) is 12.0. The Bertz CT molecular complexity index is 941. The number of carbonyl (C=O) groups excluding carboxylic acids is 1. The summed E-state index contributed by atoms with van der Waals surface area (Å²) in [5.41, 5.74) is 2.25. The van der Waals surface area contributed by atoms with Crippen molar-refractivity contribution in [2.45, 2.75) is 52.9 Å². The summed E-state index contributed by atoms with van der Waals surface area (Å²) in [7, 11) is 0. The average Bonchev–Trinajstić information content (AvgIpc) is 3.27. The lowest BCUT2D eigenvalue weighted by molar-refractivity contribution is 0.0945. The highest BCUT2D eigenvalue weighted by atomic mass is 16.5. The molecule has 0 saturated carbocycles. The minimum atomic E-state index is -0.276. The zero-order valence-corrected chi connectivity index (χ0v) is 18.4. The molecular formula is C24H30N4O3. The van der Waals surface area contributed by atoms with Crippen LogP contribution in [-0.4, -0.2) is 33.4 Å². The van der Waals surface area contributed by atoms with Crippen molar-refractivity contribution in [2.75, 3.05) is 6.61 Å². The number of nitrogens with zero attached hydrogens (tertiary/aromatic N) is 3. The third-order valence-corrected chi connectivity index (χ3v) is 5.11. The molecule has 7 heteroatoms. The largest absolute Gasteiger partial charge is 0.494 e. The maximum absolute atomic E-state index is 12.4. The molecule has 2 aromatic heterocycles. The number of rotatable bonds is 11. The van der Waals surface area contributed by atoms with Crippen LogP contribution in [0.15, 0.2) is 59.3 Å². The highest BCUT2D eigenvalue weighted by molar-refractivity contribution is 5.91. The fourth-order valence-electron chi connectivity index (χ4n) is 3.14. The van der Waals surface area contributed by atoms with E-state index in [-0.39, 0.29) is 11.6 Å². The molecule has 0 aliphatic rings. The predicted molar refractivity (Wildman–Crippen MR) is 119 cm³/mol. The van der Waals surface area contributed by atoms with Crippen molar-refractivity contribution < 1.29 is 13.9 Å². The standard InChI is InChI=1S/C24H30N4O3/c1-4-18(3)28(15-19-9-11-21(12-10-19)30-5-2)16-23-27-22(17-31-23)24(29)26-14-20-8-6-7-13-25-20/h6-13,17-18H,4-5,14-16H2,1-3H3,(H,26,29). The summed E-state index contributed by atoms with van der Waals surface area (Å²) in [6.45, 7) is 8.58. The third-order valence-electron chi connectivity index (χ3n) is 5.11. The van der Waals surface area contributed by atoms with Gasteiger partial charge in [-0.3, -0.25) is 14.7 Å². The maximum Gasteiger partial charge on any atom is 0.273 e. The molecule has 1 atom stereocenters. The van der Waals surface area contributed by atoms with Crippen molar-refractivity contribution in [2.24, 2.45) is 0 Å². The van der Waals surface area contributed by atoms with E-state index in [1.807, 2.05) is 37.3 Å². The van der Waals surface area contributed by atoms with Crippen LogP contribution in [0, 0.1) is 0 Å². The van der Waals surface area contributed by atoms with Gasteiger partial charge in [-0.1, -0.05) is 25.1 Å². The van der Waals surface area contributed by atoms with Gasteiger partial charge in [0.15, 0.2) is 5.69 Å². The second kappa shape index (κ2) is 11.3. The van der Waals surface area contributed by atoms with Crippen molar-refractivity contribution in [1.82, 2.24) is 20.2 Å². The van der Waals surface area contributed by atoms with Gasteiger partial charge in [-0.25, -0.2) is 4.98 Å². The van der Waals surface area contributed by atoms with Crippen LogP contribution in [0.25, 0.3) is 0 Å². The summed E-state index contributed by atoms with van der Waals surface area (Å²) in [6, 6.07) is 14.0. The molecule has 1 N–H and O–H groups in total. The lowest BCUT2D eigenvalue weighted by Gasteiger charge is -2.27. The molecular weight excluding hydrogens is 392 g/mol. The average molecular weight is 423 g/mol. The van der Waals surface area contributed by atoms with Gasteiger partial charge in [-0.15, -0.1) is 0 Å². The molecule has 0 aliphatic carbocycles. The Morgan fingerprint density at radius 2 is 1.97 bits per heavy atom. The zero-order chi connectivity index (χ0) is 22.1. The fourth-order valence-corrected chi connectivity index (χ4v) is 3.14. The van der Waals surface area contributed by atoms with Gasteiger partial charge in [-0.05, 0) is 50.1 Å². The number of pyridine rings is 1. The molecule has 3 rings (SSSR count). The van der Waals surface area contributed by atoms with Gasteiger partial charge in [0.2, 0.25) is 5.89 Å². The Kier molecular flexibility index (Phi) is 8.18. The monoisotopic (exact) mass is 422 g/mol. The van der Waals surface area contributed by atoms with Crippen molar-refractivity contribution in [3.05, 3.63) is 77.8 Å². The highest BCUT2D eigenvalue weighted by Gasteiger charge is 2.18. The summed E-state index contributed by atoms with van der Waals surface area (Å²) >= 11 is 0. The molecule has 31 heavy (non-hydrogen) atoms. The minimum Gasteiger partial charge on any atom is -0.494 e. The van der Waals surface area contributed by atoms with Crippen molar-refractivity contribution in [3.8, 4) is 5.75 Å². The molecule has 1 unspecified atom stereocenters. The summed E-state index contributed by atoms with van der Waals surface area (Å²) in [6.07, 6.45) is 4.10. The van der Waals surface area contributed by atoms with E-state index in [2.05, 4.69) is 46.2 Å². The number of hydrogen-bond donors (Lipinski definition) is 1. The number of oxazole rings is 1. The van der Waals surface area contributed by atoms with Crippen molar-refractivity contribution in [1.29, 1.82) is 0 Å². The van der Waals surface area contributed by atoms with Gasteiger partial charge in [0.1, 0.15) is 12.0 Å². The first-order chi connectivity index (χ1) is 15.1. The van der Waals surface area contributed by atoms with Crippen molar-refractivity contribution in [3.63, 3.8) is 0 Å². The molecule has 3 aromatic rings. The van der Waals surface area contributed by atoms with E-state index in [0.717, 1.165) is 24.4 Å². The zero-order valence-electron chi connectivity index (χ0n) is 18.4. The highest BCUT2D eigenvalue weighted by Crippen LogP contribution is 2.18. The first kappa shape index (κ1) is 22.5. The number of carbonyl (C=O) groups is 1. The molecule has 1 aromatic carbocycles. The summed E-state index contributed by atoms with van der Waals surface area (Å²) in [5, 5.41) is 2.82. The van der Waals surface area contributed by atoms with E-state index in [9.17, 15) is 4.79 Å². The first-order valence-electron chi connectivity index (χ1n) is 10.7. The molecule has 1 amide bonds. The Balaban J connectivity index is 1.61. The number of amides is 1. The molecule has 2 heterocycles. The predicted octanol–water partition coefficient (Wildman–Crippen LogP) is 4.20. The van der Waals surface area contributed by atoms with E-state index in [1.54, 1.807) is 6.20 Å². The Hall–Kier alpha value is -3.19. The summed E-state index contributed by atoms with van der Waals surface area (Å²) in [4.78, 5) is 23.3. The Morgan fingerprint density at radius 1 is 1.16 bits per heavy atom. The number of ether oxygens (including phenoxy) is 1. The van der Waals surface area contributed by atoms with Gasteiger partial charge < -0.3 is 14.5 Å². The quantitative estimate of drug-likeness (QED) is 0.499. The molecule has 0 radical (unpaired) electrons. The second-order valence-electron chi connectivity index (χ2n) is 7.37. The summed E-state index contributed by atoms with van der Waals surface area (Å²) in [5.74, 6) is 1.12. The van der Waals surface area contributed by atoms with Crippen LogP contribution in [0.2, 0.25) is 0 Å². The van der Waals surface area contributed by atoms with Gasteiger partial charge in [0, 0.05) is 18.8 Å². The van der Waals surface area contributed by atoms with E-state index in [1.165, 1.54) is 11.8 Å². The number of benzene rings is 1. The molecule has 0 spiro atoms. The van der Waals surface area contributed by atoms with Crippen LogP contribution in [0.3, 0.4) is 0 Å². The van der Waals surface area contributed by atoms with E-state index in [0.29, 0.717) is 31.6 Å². The molecule has 0 saturated heterocycles. The van der Waals surface area contributed by atoms with Gasteiger partial charge >= 0.3 is 0 Å². The van der Waals surface area contributed by atoms with E-state index >= 15 is 0 Å². The Morgan fingerprint density at radius 3 is 2.65 bits per heavy atom. The fraction of sp³-hybridized carbons (Fsp3) is 0.375. The van der Waals surface area contributed by atoms with Crippen LogP contribution < -0.4 is 10.1 Å². The van der Waals surface area contributed by atoms with Crippen LogP contribution in [0.4, 0.5) is 0 Å². The van der Waals surface area contributed by atoms with Gasteiger partial charge in [-0.2, -0.15) is 0 Å². The number of hydrogen-bond acceptors (Lipinski definition) is 6. The maximum atomic E-state index is 12.4. The third kappa shape index (κ3) is 6.65. The number of nitrogens with one attached hydrogen (secondary N) is 1. The first-order valence-corrected chi connectivity index (χ1v) is 10.7. The van der Waals surface area contributed by atoms with E-state index in [4.69, 9.17) is 9.15 Å². The van der Waals surface area contributed by atoms with Crippen molar-refractivity contribution >= 4 is 5.91 Å². The summed E-state index contributed by atoms with van der Waals surface area (Å²) < 4.78 is 11.1.